The lowest BCUT2D eigenvalue weighted by Gasteiger charge is -2.37. The van der Waals surface area contributed by atoms with Crippen LogP contribution in [-0.2, 0) is 4.79 Å². The van der Waals surface area contributed by atoms with Crippen molar-refractivity contribution in [2.45, 2.75) is 19.9 Å². The highest BCUT2D eigenvalue weighted by molar-refractivity contribution is 5.73. The van der Waals surface area contributed by atoms with Gasteiger partial charge in [-0.05, 0) is 6.92 Å². The van der Waals surface area contributed by atoms with E-state index in [-0.39, 0.29) is 11.9 Å². The van der Waals surface area contributed by atoms with Gasteiger partial charge in [0.2, 0.25) is 5.91 Å². The molecule has 0 aromatic heterocycles. The van der Waals surface area contributed by atoms with Gasteiger partial charge >= 0.3 is 0 Å². The van der Waals surface area contributed by atoms with Crippen molar-refractivity contribution in [2.75, 3.05) is 19.6 Å². The van der Waals surface area contributed by atoms with E-state index >= 15 is 0 Å². The Bertz CT molecular complexity index is 160. The number of carbonyl (C=O) groups is 1. The fourth-order valence-corrected chi connectivity index (χ4v) is 1.45. The van der Waals surface area contributed by atoms with Gasteiger partial charge in [0.1, 0.15) is 0 Å². The van der Waals surface area contributed by atoms with E-state index < -0.39 is 0 Å². The number of nitrogens with zero attached hydrogens (tertiary/aromatic N) is 2. The lowest BCUT2D eigenvalue weighted by molar-refractivity contribution is -0.133. The Hall–Kier alpha value is -0.610. The number of hydrogen-bond acceptors (Lipinski definition) is 3. The molecule has 0 bridgehead atoms. The maximum atomic E-state index is 11.0. The molecule has 11 heavy (non-hydrogen) atoms. The van der Waals surface area contributed by atoms with Crippen LogP contribution in [0.1, 0.15) is 13.8 Å². The Labute approximate surface area is 66.9 Å². The number of nitrogens with two attached hydrogens (primary N) is 1. The second-order valence-corrected chi connectivity index (χ2v) is 3.06. The molecule has 1 aliphatic rings. The summed E-state index contributed by atoms with van der Waals surface area (Å²) in [5.41, 5.74) is 0. The van der Waals surface area contributed by atoms with E-state index in [4.69, 9.17) is 5.84 Å². The van der Waals surface area contributed by atoms with Gasteiger partial charge in [-0.1, -0.05) is 0 Å². The van der Waals surface area contributed by atoms with Crippen molar-refractivity contribution < 1.29 is 4.79 Å². The van der Waals surface area contributed by atoms with Gasteiger partial charge in [0.25, 0.3) is 0 Å². The molecule has 0 unspecified atom stereocenters. The summed E-state index contributed by atoms with van der Waals surface area (Å²) in [5.74, 6) is 5.73. The van der Waals surface area contributed by atoms with E-state index in [9.17, 15) is 4.79 Å². The zero-order valence-electron chi connectivity index (χ0n) is 7.08. The quantitative estimate of drug-likeness (QED) is 0.478. The molecule has 2 N–H and O–H groups in total. The molecule has 1 fully saturated rings. The van der Waals surface area contributed by atoms with Crippen molar-refractivity contribution in [3.63, 3.8) is 0 Å². The number of carbonyl (C=O) groups excluding carboxylic acids is 1. The first-order valence-corrected chi connectivity index (χ1v) is 3.88. The third kappa shape index (κ3) is 1.91. The molecule has 0 spiro atoms. The average Bonchev–Trinajstić information content (AvgIpc) is 1.85. The zero-order chi connectivity index (χ0) is 8.43. The fraction of sp³-hybridized carbons (Fsp3) is 0.857. The molecule has 0 saturated carbocycles. The third-order valence-electron chi connectivity index (χ3n) is 2.06. The molecule has 1 atom stereocenters. The Morgan fingerprint density at radius 1 is 1.55 bits per heavy atom. The first kappa shape index (κ1) is 8.49. The normalized spacial score (nSPS) is 27.2. The standard InChI is InChI=1S/C7H15N3O/c1-6-5-9(8)3-4-10(6)7(2)11/h6H,3-5,8H2,1-2H3/t6-/m0/s1. The van der Waals surface area contributed by atoms with E-state index in [1.165, 1.54) is 0 Å². The van der Waals surface area contributed by atoms with E-state index in [0.717, 1.165) is 19.6 Å². The van der Waals surface area contributed by atoms with Crippen LogP contribution in [0.4, 0.5) is 0 Å². The Morgan fingerprint density at radius 3 is 2.64 bits per heavy atom. The van der Waals surface area contributed by atoms with Crippen LogP contribution in [0.3, 0.4) is 0 Å². The van der Waals surface area contributed by atoms with Crippen molar-refractivity contribution in [1.82, 2.24) is 9.91 Å². The minimum absolute atomic E-state index is 0.144. The molecule has 1 rings (SSSR count). The van der Waals surface area contributed by atoms with Gasteiger partial charge in [-0.2, -0.15) is 0 Å². The number of amides is 1. The van der Waals surface area contributed by atoms with Gasteiger partial charge < -0.3 is 4.90 Å². The van der Waals surface area contributed by atoms with Crippen molar-refractivity contribution in [2.24, 2.45) is 5.84 Å². The van der Waals surface area contributed by atoms with Crippen molar-refractivity contribution in [1.29, 1.82) is 0 Å². The zero-order valence-corrected chi connectivity index (χ0v) is 7.08. The second-order valence-electron chi connectivity index (χ2n) is 3.06. The molecule has 0 radical (unpaired) electrons. The van der Waals surface area contributed by atoms with Gasteiger partial charge in [-0.3, -0.25) is 10.6 Å². The summed E-state index contributed by atoms with van der Waals surface area (Å²) in [6.45, 7) is 5.93. The lowest BCUT2D eigenvalue weighted by Crippen LogP contribution is -2.55. The SMILES string of the molecule is CC(=O)N1CCN(N)C[C@@H]1C. The molecule has 0 aromatic rings. The molecule has 0 aliphatic carbocycles. The molecule has 64 valence electrons. The van der Waals surface area contributed by atoms with Crippen molar-refractivity contribution >= 4 is 5.91 Å². The van der Waals surface area contributed by atoms with E-state index in [1.54, 1.807) is 11.9 Å². The summed E-state index contributed by atoms with van der Waals surface area (Å²) >= 11 is 0. The Morgan fingerprint density at radius 2 is 2.18 bits per heavy atom. The monoisotopic (exact) mass is 157 g/mol. The van der Waals surface area contributed by atoms with Crippen molar-refractivity contribution in [3.8, 4) is 0 Å². The summed E-state index contributed by atoms with van der Waals surface area (Å²) in [4.78, 5) is 12.8. The highest BCUT2D eigenvalue weighted by Crippen LogP contribution is 2.05. The van der Waals surface area contributed by atoms with Crippen LogP contribution in [0.15, 0.2) is 0 Å². The highest BCUT2D eigenvalue weighted by Gasteiger charge is 2.23. The van der Waals surface area contributed by atoms with E-state index in [0.29, 0.717) is 0 Å². The van der Waals surface area contributed by atoms with Gasteiger partial charge in [0.05, 0.1) is 0 Å². The maximum absolute atomic E-state index is 11.0. The predicted molar refractivity (Wildman–Crippen MR) is 42.6 cm³/mol. The highest BCUT2D eigenvalue weighted by atomic mass is 16.2. The van der Waals surface area contributed by atoms with E-state index in [1.807, 2.05) is 11.8 Å². The van der Waals surface area contributed by atoms with Crippen LogP contribution in [0.2, 0.25) is 0 Å². The number of rotatable bonds is 0. The molecule has 4 nitrogen and oxygen atoms in total. The molecule has 4 heteroatoms. The molecule has 1 aliphatic heterocycles. The van der Waals surface area contributed by atoms with Crippen LogP contribution in [0.25, 0.3) is 0 Å². The minimum atomic E-state index is 0.144. The molecular formula is C7H15N3O. The molecule has 1 heterocycles. The number of hydrogen-bond donors (Lipinski definition) is 1. The predicted octanol–water partition coefficient (Wildman–Crippen LogP) is -0.587. The van der Waals surface area contributed by atoms with Gasteiger partial charge in [-0.15, -0.1) is 0 Å². The summed E-state index contributed by atoms with van der Waals surface area (Å²) in [5, 5.41) is 1.75. The minimum Gasteiger partial charge on any atom is -0.338 e. The van der Waals surface area contributed by atoms with Crippen LogP contribution >= 0.6 is 0 Å². The van der Waals surface area contributed by atoms with Crippen LogP contribution in [0, 0.1) is 0 Å². The van der Waals surface area contributed by atoms with E-state index in [2.05, 4.69) is 0 Å². The van der Waals surface area contributed by atoms with Crippen LogP contribution in [0.5, 0.6) is 0 Å². The van der Waals surface area contributed by atoms with Crippen LogP contribution in [-0.4, -0.2) is 41.5 Å². The molecular weight excluding hydrogens is 142 g/mol. The first-order chi connectivity index (χ1) is 5.11. The number of piperazine rings is 1. The average molecular weight is 157 g/mol. The summed E-state index contributed by atoms with van der Waals surface area (Å²) in [7, 11) is 0. The molecule has 1 saturated heterocycles. The van der Waals surface area contributed by atoms with Crippen molar-refractivity contribution in [3.05, 3.63) is 0 Å². The first-order valence-electron chi connectivity index (χ1n) is 3.88. The number of hydrazine groups is 1. The summed E-state index contributed by atoms with van der Waals surface area (Å²) < 4.78 is 0. The largest absolute Gasteiger partial charge is 0.338 e. The third-order valence-corrected chi connectivity index (χ3v) is 2.06. The topological polar surface area (TPSA) is 49.6 Å². The van der Waals surface area contributed by atoms with Crippen LogP contribution < -0.4 is 5.84 Å². The van der Waals surface area contributed by atoms with Gasteiger partial charge in [-0.25, -0.2) is 5.01 Å². The summed E-state index contributed by atoms with van der Waals surface area (Å²) in [6, 6.07) is 0.256. The Balaban J connectivity index is 2.50. The second kappa shape index (κ2) is 3.19. The van der Waals surface area contributed by atoms with Gasteiger partial charge in [0, 0.05) is 32.6 Å². The lowest BCUT2D eigenvalue weighted by atomic mass is 10.2. The molecule has 1 amide bonds. The maximum Gasteiger partial charge on any atom is 0.219 e. The fourth-order valence-electron chi connectivity index (χ4n) is 1.45. The molecule has 0 aromatic carbocycles. The smallest absolute Gasteiger partial charge is 0.219 e. The summed E-state index contributed by atoms with van der Waals surface area (Å²) in [6.07, 6.45) is 0. The Kier molecular flexibility index (Phi) is 2.46. The van der Waals surface area contributed by atoms with Gasteiger partial charge in [0.15, 0.2) is 0 Å².